The summed E-state index contributed by atoms with van der Waals surface area (Å²) in [5, 5.41) is 5.54. The molecule has 0 bridgehead atoms. The van der Waals surface area contributed by atoms with Crippen molar-refractivity contribution in [3.8, 4) is 0 Å². The molecule has 3 rings (SSSR count). The third-order valence-corrected chi connectivity index (χ3v) is 4.85. The molecule has 1 atom stereocenters. The predicted octanol–water partition coefficient (Wildman–Crippen LogP) is 2.70. The molecule has 0 unspecified atom stereocenters. The molecule has 4 nitrogen and oxygen atoms in total. The van der Waals surface area contributed by atoms with Gasteiger partial charge in [-0.25, -0.2) is 0 Å². The van der Waals surface area contributed by atoms with Crippen LogP contribution in [0.25, 0.3) is 0 Å². The Bertz CT molecular complexity index is 600. The third kappa shape index (κ3) is 1.99. The third-order valence-electron chi connectivity index (χ3n) is 3.75. The molecule has 1 aliphatic carbocycles. The molecular formula is C13H12Cl2N2O2. The maximum Gasteiger partial charge on any atom is 0.233 e. The Labute approximate surface area is 120 Å². The zero-order valence-electron chi connectivity index (χ0n) is 10.2. The average molecular weight is 299 g/mol. The van der Waals surface area contributed by atoms with Crippen LogP contribution in [0.2, 0.25) is 0 Å². The molecule has 2 amide bonds. The summed E-state index contributed by atoms with van der Waals surface area (Å²) in [6.45, 7) is 1.74. The second-order valence-corrected chi connectivity index (χ2v) is 6.75. The summed E-state index contributed by atoms with van der Waals surface area (Å²) in [5.74, 6) is -0.233. The van der Waals surface area contributed by atoms with Gasteiger partial charge in [0.05, 0.1) is 11.8 Å². The first kappa shape index (κ1) is 12.8. The van der Waals surface area contributed by atoms with Crippen molar-refractivity contribution in [3.05, 3.63) is 23.8 Å². The van der Waals surface area contributed by atoms with Crippen LogP contribution in [0.5, 0.6) is 0 Å². The van der Waals surface area contributed by atoms with E-state index in [1.165, 1.54) is 0 Å². The van der Waals surface area contributed by atoms with Gasteiger partial charge in [-0.1, -0.05) is 0 Å². The van der Waals surface area contributed by atoms with Crippen molar-refractivity contribution in [2.45, 2.75) is 24.1 Å². The number of fused-ring (bicyclic) bond motifs is 1. The topological polar surface area (TPSA) is 58.2 Å². The number of halogens is 2. The van der Waals surface area contributed by atoms with E-state index in [1.54, 1.807) is 25.1 Å². The lowest BCUT2D eigenvalue weighted by Crippen LogP contribution is -2.25. The Hall–Kier alpha value is -1.26. The van der Waals surface area contributed by atoms with Crippen LogP contribution in [0.4, 0.5) is 11.4 Å². The summed E-state index contributed by atoms with van der Waals surface area (Å²) in [6.07, 6.45) is 0.783. The first-order valence-electron chi connectivity index (χ1n) is 5.94. The maximum atomic E-state index is 12.1. The van der Waals surface area contributed by atoms with Crippen LogP contribution in [0.1, 0.15) is 18.9 Å². The Morgan fingerprint density at radius 2 is 2.11 bits per heavy atom. The highest BCUT2D eigenvalue weighted by atomic mass is 35.5. The summed E-state index contributed by atoms with van der Waals surface area (Å²) in [5.41, 5.74) is 1.58. The summed E-state index contributed by atoms with van der Waals surface area (Å²) in [6, 6.07) is 5.32. The monoisotopic (exact) mass is 298 g/mol. The molecule has 1 aliphatic heterocycles. The predicted molar refractivity (Wildman–Crippen MR) is 74.6 cm³/mol. The van der Waals surface area contributed by atoms with E-state index in [1.807, 2.05) is 0 Å². The number of alkyl halides is 2. The minimum Gasteiger partial charge on any atom is -0.326 e. The number of amides is 2. The summed E-state index contributed by atoms with van der Waals surface area (Å²) >= 11 is 11.9. The van der Waals surface area contributed by atoms with Gasteiger partial charge in [0.1, 0.15) is 4.33 Å². The number of carbonyl (C=O) groups is 2. The van der Waals surface area contributed by atoms with Crippen molar-refractivity contribution in [3.63, 3.8) is 0 Å². The molecule has 0 aromatic heterocycles. The molecular weight excluding hydrogens is 287 g/mol. The number of anilines is 2. The quantitative estimate of drug-likeness (QED) is 0.825. The molecule has 100 valence electrons. The fourth-order valence-corrected chi connectivity index (χ4v) is 2.93. The Balaban J connectivity index is 1.77. The molecule has 1 aromatic rings. The van der Waals surface area contributed by atoms with Crippen molar-refractivity contribution >= 4 is 46.4 Å². The highest BCUT2D eigenvalue weighted by Crippen LogP contribution is 2.64. The second-order valence-electron chi connectivity index (χ2n) is 5.26. The van der Waals surface area contributed by atoms with Crippen LogP contribution in [0, 0.1) is 5.41 Å². The first-order valence-corrected chi connectivity index (χ1v) is 6.69. The van der Waals surface area contributed by atoms with Crippen molar-refractivity contribution in [2.75, 3.05) is 10.6 Å². The van der Waals surface area contributed by atoms with E-state index >= 15 is 0 Å². The fraction of sp³-hybridized carbons (Fsp3) is 0.385. The van der Waals surface area contributed by atoms with E-state index in [-0.39, 0.29) is 11.8 Å². The Morgan fingerprint density at radius 3 is 2.74 bits per heavy atom. The van der Waals surface area contributed by atoms with Gasteiger partial charge in [0, 0.05) is 11.4 Å². The largest absolute Gasteiger partial charge is 0.326 e. The molecule has 19 heavy (non-hydrogen) atoms. The molecule has 1 aromatic carbocycles. The van der Waals surface area contributed by atoms with Gasteiger partial charge in [0.15, 0.2) is 0 Å². The van der Waals surface area contributed by atoms with Gasteiger partial charge in [-0.2, -0.15) is 0 Å². The molecule has 1 heterocycles. The van der Waals surface area contributed by atoms with Gasteiger partial charge >= 0.3 is 0 Å². The lowest BCUT2D eigenvalue weighted by Gasteiger charge is -2.13. The van der Waals surface area contributed by atoms with Crippen LogP contribution in [0.15, 0.2) is 18.2 Å². The van der Waals surface area contributed by atoms with Gasteiger partial charge < -0.3 is 10.6 Å². The molecule has 0 radical (unpaired) electrons. The van der Waals surface area contributed by atoms with Crippen molar-refractivity contribution < 1.29 is 9.59 Å². The normalized spacial score (nSPS) is 26.6. The SMILES string of the molecule is C[C@]1(C(=O)Nc2ccc3c(c2)CC(=O)N3)CC1(Cl)Cl. The van der Waals surface area contributed by atoms with Crippen molar-refractivity contribution in [2.24, 2.45) is 5.41 Å². The Morgan fingerprint density at radius 1 is 1.42 bits per heavy atom. The molecule has 0 spiro atoms. The van der Waals surface area contributed by atoms with Crippen LogP contribution in [-0.4, -0.2) is 16.1 Å². The van der Waals surface area contributed by atoms with E-state index in [0.717, 1.165) is 11.3 Å². The van der Waals surface area contributed by atoms with Crippen LogP contribution in [0.3, 0.4) is 0 Å². The number of hydrogen-bond acceptors (Lipinski definition) is 2. The number of hydrogen-bond donors (Lipinski definition) is 2. The number of rotatable bonds is 2. The van der Waals surface area contributed by atoms with Crippen LogP contribution in [-0.2, 0) is 16.0 Å². The highest BCUT2D eigenvalue weighted by molar-refractivity contribution is 6.53. The lowest BCUT2D eigenvalue weighted by atomic mass is 10.1. The molecule has 1 fully saturated rings. The smallest absolute Gasteiger partial charge is 0.233 e. The van der Waals surface area contributed by atoms with E-state index in [0.29, 0.717) is 18.5 Å². The fourth-order valence-electron chi connectivity index (χ4n) is 2.22. The molecule has 0 saturated heterocycles. The maximum absolute atomic E-state index is 12.1. The average Bonchev–Trinajstić information content (AvgIpc) is 2.66. The van der Waals surface area contributed by atoms with Crippen molar-refractivity contribution in [1.29, 1.82) is 0 Å². The molecule has 1 saturated carbocycles. The zero-order chi connectivity index (χ0) is 13.8. The van der Waals surface area contributed by atoms with E-state index in [9.17, 15) is 9.59 Å². The van der Waals surface area contributed by atoms with Gasteiger partial charge in [-0.3, -0.25) is 9.59 Å². The van der Waals surface area contributed by atoms with Crippen LogP contribution < -0.4 is 10.6 Å². The van der Waals surface area contributed by atoms with Gasteiger partial charge in [-0.05, 0) is 37.1 Å². The van der Waals surface area contributed by atoms with Gasteiger partial charge in [-0.15, -0.1) is 23.2 Å². The molecule has 2 aliphatic rings. The summed E-state index contributed by atoms with van der Waals surface area (Å²) in [4.78, 5) is 23.4. The number of benzene rings is 1. The van der Waals surface area contributed by atoms with E-state index in [2.05, 4.69) is 10.6 Å². The van der Waals surface area contributed by atoms with Crippen LogP contribution >= 0.6 is 23.2 Å². The van der Waals surface area contributed by atoms with Crippen molar-refractivity contribution in [1.82, 2.24) is 0 Å². The first-order chi connectivity index (χ1) is 8.82. The minimum absolute atomic E-state index is 0.0341. The molecule has 6 heteroatoms. The second kappa shape index (κ2) is 3.87. The van der Waals surface area contributed by atoms with Gasteiger partial charge in [0.2, 0.25) is 11.8 Å². The van der Waals surface area contributed by atoms with E-state index in [4.69, 9.17) is 23.2 Å². The standard InChI is InChI=1S/C13H12Cl2N2O2/c1-12(6-13(12,14)15)11(19)16-8-2-3-9-7(4-8)5-10(18)17-9/h2-4H,5-6H2,1H3,(H,16,19)(H,17,18)/t12-/m1/s1. The van der Waals surface area contributed by atoms with Gasteiger partial charge in [0.25, 0.3) is 0 Å². The lowest BCUT2D eigenvalue weighted by molar-refractivity contribution is -0.120. The summed E-state index contributed by atoms with van der Waals surface area (Å²) in [7, 11) is 0. The Kier molecular flexibility index (Phi) is 2.60. The number of nitrogens with one attached hydrogen (secondary N) is 2. The van der Waals surface area contributed by atoms with E-state index < -0.39 is 9.75 Å². The zero-order valence-corrected chi connectivity index (χ0v) is 11.7. The summed E-state index contributed by atoms with van der Waals surface area (Å²) < 4.78 is -0.981. The highest BCUT2D eigenvalue weighted by Gasteiger charge is 2.67. The molecule has 2 N–H and O–H groups in total. The number of carbonyl (C=O) groups excluding carboxylic acids is 2. The minimum atomic E-state index is -0.981.